The molecule has 0 radical (unpaired) electrons. The maximum absolute atomic E-state index is 4.32. The molecule has 1 aromatic heterocycles. The van der Waals surface area contributed by atoms with Crippen molar-refractivity contribution in [2.45, 2.75) is 19.4 Å². The zero-order valence-corrected chi connectivity index (χ0v) is 9.70. The number of nitrogens with one attached hydrogen (secondary N) is 2. The van der Waals surface area contributed by atoms with Crippen LogP contribution < -0.4 is 5.32 Å². The highest BCUT2D eigenvalue weighted by Gasteiger charge is 2.05. The highest BCUT2D eigenvalue weighted by atomic mass is 15.1. The molecule has 1 heterocycles. The molecule has 1 atom stereocenters. The van der Waals surface area contributed by atoms with Crippen LogP contribution in [0.4, 0.5) is 0 Å². The number of nitrogens with zero attached hydrogens (tertiary/aromatic N) is 1. The van der Waals surface area contributed by atoms with E-state index < -0.39 is 0 Å². The molecular weight excluding hydrogens is 198 g/mol. The van der Waals surface area contributed by atoms with E-state index in [1.165, 1.54) is 5.69 Å². The van der Waals surface area contributed by atoms with Gasteiger partial charge in [-0.2, -0.15) is 5.10 Å². The van der Waals surface area contributed by atoms with Gasteiger partial charge in [0.1, 0.15) is 0 Å². The molecule has 0 aliphatic heterocycles. The number of hydrogen-bond acceptors (Lipinski definition) is 2. The largest absolute Gasteiger partial charge is 0.317 e. The van der Waals surface area contributed by atoms with Gasteiger partial charge in [-0.3, -0.25) is 5.10 Å². The van der Waals surface area contributed by atoms with E-state index >= 15 is 0 Å². The summed E-state index contributed by atoms with van der Waals surface area (Å²) in [7, 11) is 1.97. The average molecular weight is 215 g/mol. The Labute approximate surface area is 95.9 Å². The SMILES string of the molecule is CNC(C)Cc1cc(-c2ccccc2)n[nH]1. The summed E-state index contributed by atoms with van der Waals surface area (Å²) in [6.45, 7) is 2.16. The second-order valence-corrected chi connectivity index (χ2v) is 4.04. The minimum absolute atomic E-state index is 0.462. The summed E-state index contributed by atoms with van der Waals surface area (Å²) in [4.78, 5) is 0. The van der Waals surface area contributed by atoms with Gasteiger partial charge in [0.25, 0.3) is 0 Å². The van der Waals surface area contributed by atoms with Crippen molar-refractivity contribution in [3.63, 3.8) is 0 Å². The van der Waals surface area contributed by atoms with Crippen molar-refractivity contribution in [1.29, 1.82) is 0 Å². The molecule has 0 aliphatic carbocycles. The van der Waals surface area contributed by atoms with Gasteiger partial charge in [-0.15, -0.1) is 0 Å². The first-order chi connectivity index (χ1) is 7.79. The lowest BCUT2D eigenvalue weighted by molar-refractivity contribution is 0.600. The van der Waals surface area contributed by atoms with Gasteiger partial charge >= 0.3 is 0 Å². The van der Waals surface area contributed by atoms with Crippen LogP contribution in [0.3, 0.4) is 0 Å². The number of hydrogen-bond donors (Lipinski definition) is 2. The minimum atomic E-state index is 0.462. The third-order valence-corrected chi connectivity index (χ3v) is 2.72. The first-order valence-corrected chi connectivity index (χ1v) is 5.56. The molecule has 0 fully saturated rings. The van der Waals surface area contributed by atoms with E-state index in [4.69, 9.17) is 0 Å². The van der Waals surface area contributed by atoms with Crippen LogP contribution in [-0.2, 0) is 6.42 Å². The second-order valence-electron chi connectivity index (χ2n) is 4.04. The van der Waals surface area contributed by atoms with Crippen LogP contribution in [0.25, 0.3) is 11.3 Å². The Morgan fingerprint density at radius 2 is 2.06 bits per heavy atom. The van der Waals surface area contributed by atoms with Crippen molar-refractivity contribution < 1.29 is 0 Å². The van der Waals surface area contributed by atoms with E-state index in [1.54, 1.807) is 0 Å². The molecule has 2 aromatic rings. The normalized spacial score (nSPS) is 12.6. The Hall–Kier alpha value is -1.61. The fourth-order valence-corrected chi connectivity index (χ4v) is 1.65. The van der Waals surface area contributed by atoms with Gasteiger partial charge in [0.05, 0.1) is 5.69 Å². The van der Waals surface area contributed by atoms with Crippen LogP contribution >= 0.6 is 0 Å². The number of H-pyrrole nitrogens is 1. The Morgan fingerprint density at radius 1 is 1.31 bits per heavy atom. The maximum Gasteiger partial charge on any atom is 0.0923 e. The molecule has 1 aromatic carbocycles. The Kier molecular flexibility index (Phi) is 3.37. The summed E-state index contributed by atoms with van der Waals surface area (Å²) in [5.41, 5.74) is 3.33. The average Bonchev–Trinajstić information content (AvgIpc) is 2.78. The van der Waals surface area contributed by atoms with Crippen LogP contribution in [0.15, 0.2) is 36.4 Å². The molecule has 84 valence electrons. The van der Waals surface area contributed by atoms with Gasteiger partial charge in [-0.1, -0.05) is 30.3 Å². The van der Waals surface area contributed by atoms with Crippen molar-refractivity contribution in [2.24, 2.45) is 0 Å². The first-order valence-electron chi connectivity index (χ1n) is 5.56. The summed E-state index contributed by atoms with van der Waals surface area (Å²) >= 11 is 0. The van der Waals surface area contributed by atoms with Gasteiger partial charge in [0.2, 0.25) is 0 Å². The van der Waals surface area contributed by atoms with Crippen molar-refractivity contribution >= 4 is 0 Å². The lowest BCUT2D eigenvalue weighted by Crippen LogP contribution is -2.23. The fourth-order valence-electron chi connectivity index (χ4n) is 1.65. The van der Waals surface area contributed by atoms with E-state index in [9.17, 15) is 0 Å². The van der Waals surface area contributed by atoms with Crippen molar-refractivity contribution in [1.82, 2.24) is 15.5 Å². The third-order valence-electron chi connectivity index (χ3n) is 2.72. The molecule has 0 saturated heterocycles. The van der Waals surface area contributed by atoms with Crippen LogP contribution in [0.5, 0.6) is 0 Å². The summed E-state index contributed by atoms with van der Waals surface area (Å²) in [5, 5.41) is 10.6. The Morgan fingerprint density at radius 3 is 2.75 bits per heavy atom. The first kappa shape index (κ1) is 10.9. The van der Waals surface area contributed by atoms with Gasteiger partial charge in [0, 0.05) is 23.7 Å². The zero-order chi connectivity index (χ0) is 11.4. The molecule has 0 bridgehead atoms. The van der Waals surface area contributed by atoms with Crippen LogP contribution in [0, 0.1) is 0 Å². The molecule has 3 nitrogen and oxygen atoms in total. The van der Waals surface area contributed by atoms with E-state index in [0.717, 1.165) is 17.7 Å². The van der Waals surface area contributed by atoms with Gasteiger partial charge in [-0.25, -0.2) is 0 Å². The van der Waals surface area contributed by atoms with Crippen LogP contribution in [0.2, 0.25) is 0 Å². The highest BCUT2D eigenvalue weighted by molar-refractivity contribution is 5.58. The molecule has 0 spiro atoms. The Balaban J connectivity index is 2.14. The molecular formula is C13H17N3. The Bertz CT molecular complexity index is 433. The zero-order valence-electron chi connectivity index (χ0n) is 9.70. The monoisotopic (exact) mass is 215 g/mol. The van der Waals surface area contributed by atoms with Crippen LogP contribution in [-0.4, -0.2) is 23.3 Å². The maximum atomic E-state index is 4.32. The fraction of sp³-hybridized carbons (Fsp3) is 0.308. The third kappa shape index (κ3) is 2.49. The van der Waals surface area contributed by atoms with Gasteiger partial charge in [0.15, 0.2) is 0 Å². The van der Waals surface area contributed by atoms with Crippen molar-refractivity contribution in [3.8, 4) is 11.3 Å². The van der Waals surface area contributed by atoms with Crippen molar-refractivity contribution in [3.05, 3.63) is 42.1 Å². The summed E-state index contributed by atoms with van der Waals surface area (Å²) < 4.78 is 0. The molecule has 16 heavy (non-hydrogen) atoms. The minimum Gasteiger partial charge on any atom is -0.317 e. The molecule has 1 unspecified atom stereocenters. The molecule has 0 saturated carbocycles. The molecule has 2 rings (SSSR count). The lowest BCUT2D eigenvalue weighted by Gasteiger charge is -2.06. The molecule has 0 aliphatic rings. The van der Waals surface area contributed by atoms with Gasteiger partial charge < -0.3 is 5.32 Å². The number of likely N-dealkylation sites (N-methyl/N-ethyl adjacent to an activating group) is 1. The van der Waals surface area contributed by atoms with Gasteiger partial charge in [-0.05, 0) is 20.0 Å². The lowest BCUT2D eigenvalue weighted by atomic mass is 10.1. The standard InChI is InChI=1S/C13H17N3/c1-10(14-2)8-12-9-13(16-15-12)11-6-4-3-5-7-11/h3-7,9-10,14H,8H2,1-2H3,(H,15,16). The van der Waals surface area contributed by atoms with E-state index in [-0.39, 0.29) is 0 Å². The number of benzene rings is 1. The summed E-state index contributed by atoms with van der Waals surface area (Å²) in [5.74, 6) is 0. The molecule has 0 amide bonds. The molecule has 3 heteroatoms. The second kappa shape index (κ2) is 4.94. The van der Waals surface area contributed by atoms with Crippen LogP contribution in [0.1, 0.15) is 12.6 Å². The van der Waals surface area contributed by atoms with Crippen molar-refractivity contribution in [2.75, 3.05) is 7.05 Å². The summed E-state index contributed by atoms with van der Waals surface area (Å²) in [6.07, 6.45) is 0.969. The number of aromatic amines is 1. The predicted molar refractivity (Wildman–Crippen MR) is 66.2 cm³/mol. The number of rotatable bonds is 4. The van der Waals surface area contributed by atoms with E-state index in [0.29, 0.717) is 6.04 Å². The van der Waals surface area contributed by atoms with E-state index in [1.807, 2.05) is 25.2 Å². The smallest absolute Gasteiger partial charge is 0.0923 e. The number of aromatic nitrogens is 2. The molecule has 2 N–H and O–H groups in total. The topological polar surface area (TPSA) is 40.7 Å². The quantitative estimate of drug-likeness (QED) is 0.821. The van der Waals surface area contributed by atoms with E-state index in [2.05, 4.69) is 40.6 Å². The highest BCUT2D eigenvalue weighted by Crippen LogP contribution is 2.17. The summed E-state index contributed by atoms with van der Waals surface area (Å²) in [6, 6.07) is 12.8. The predicted octanol–water partition coefficient (Wildman–Crippen LogP) is 2.23.